The smallest absolute Gasteiger partial charge is 0.270 e. The van der Waals surface area contributed by atoms with Gasteiger partial charge in [0.2, 0.25) is 0 Å². The molecule has 0 radical (unpaired) electrons. The Kier molecular flexibility index (Phi) is 8.61. The van der Waals surface area contributed by atoms with Crippen LogP contribution < -0.4 is 20.7 Å². The van der Waals surface area contributed by atoms with Gasteiger partial charge in [-0.05, 0) is 79.9 Å². The van der Waals surface area contributed by atoms with Gasteiger partial charge in [0.25, 0.3) is 11.6 Å². The van der Waals surface area contributed by atoms with E-state index >= 15 is 0 Å². The van der Waals surface area contributed by atoms with E-state index < -0.39 is 16.4 Å². The van der Waals surface area contributed by atoms with Crippen LogP contribution in [0.2, 0.25) is 0 Å². The Bertz CT molecular complexity index is 1570. The highest BCUT2D eigenvalue weighted by Crippen LogP contribution is 2.29. The molecule has 2 heterocycles. The van der Waals surface area contributed by atoms with Crippen molar-refractivity contribution < 1.29 is 19.6 Å². The zero-order chi connectivity index (χ0) is 29.9. The van der Waals surface area contributed by atoms with E-state index in [0.717, 1.165) is 46.8 Å². The summed E-state index contributed by atoms with van der Waals surface area (Å²) in [5.41, 5.74) is 2.85. The second-order valence-corrected chi connectivity index (χ2v) is 11.7. The minimum atomic E-state index is -0.777. The number of non-ortho nitro benzene ring substituents is 1. The molecule has 0 spiro atoms. The summed E-state index contributed by atoms with van der Waals surface area (Å²) in [4.78, 5) is 28.7. The number of benzene rings is 3. The van der Waals surface area contributed by atoms with E-state index in [2.05, 4.69) is 64.6 Å². The van der Waals surface area contributed by atoms with Crippen LogP contribution >= 0.6 is 0 Å². The first-order valence-corrected chi connectivity index (χ1v) is 14.4. The number of rotatable bonds is 8. The van der Waals surface area contributed by atoms with Crippen molar-refractivity contribution in [3.63, 3.8) is 0 Å². The number of amides is 1. The summed E-state index contributed by atoms with van der Waals surface area (Å²) in [6.07, 6.45) is 5.78. The summed E-state index contributed by atoms with van der Waals surface area (Å²) >= 11 is 0. The number of nitro groups is 1. The third-order valence-electron chi connectivity index (χ3n) is 7.88. The SMILES string of the molecule is CC1CC=c2cc(-c3ccc(N4CCOCC4)cc3)c(NC(=O)c3cccc([N+](=O)[O-])c3)cc2=CN1CCC(C)(C)O. The minimum Gasteiger partial charge on any atom is -0.390 e. The third-order valence-corrected chi connectivity index (χ3v) is 7.88. The number of ether oxygens (including phenoxy) is 1. The van der Waals surface area contributed by atoms with Gasteiger partial charge in [-0.25, -0.2) is 0 Å². The Labute approximate surface area is 245 Å². The largest absolute Gasteiger partial charge is 0.390 e. The Morgan fingerprint density at radius 3 is 2.52 bits per heavy atom. The van der Waals surface area contributed by atoms with Crippen molar-refractivity contribution in [2.24, 2.45) is 0 Å². The minimum absolute atomic E-state index is 0.136. The van der Waals surface area contributed by atoms with Crippen LogP contribution in [-0.2, 0) is 4.74 Å². The molecule has 5 rings (SSSR count). The van der Waals surface area contributed by atoms with Gasteiger partial charge in [-0.2, -0.15) is 0 Å². The topological polar surface area (TPSA) is 108 Å². The van der Waals surface area contributed by atoms with Crippen molar-refractivity contribution >= 4 is 35.2 Å². The standard InChI is InChI=1S/C33H38N4O5/c1-23-7-8-25-20-30(24-9-11-28(12-10-24)35-15-17-42-18-16-35)31(21-27(25)22-36(23)14-13-33(2,3)39)34-32(38)26-5-4-6-29(19-26)37(40)41/h4-6,8-12,19-23,39H,7,13-18H2,1-3H3,(H,34,38). The second kappa shape index (κ2) is 12.3. The number of fused-ring (bicyclic) bond motifs is 1. The molecule has 2 aliphatic heterocycles. The normalized spacial score (nSPS) is 17.0. The summed E-state index contributed by atoms with van der Waals surface area (Å²) in [7, 11) is 0. The van der Waals surface area contributed by atoms with Crippen LogP contribution in [0.4, 0.5) is 17.1 Å². The van der Waals surface area contributed by atoms with Gasteiger partial charge >= 0.3 is 0 Å². The van der Waals surface area contributed by atoms with Crippen LogP contribution in [0.5, 0.6) is 0 Å². The van der Waals surface area contributed by atoms with Gasteiger partial charge in [-0.3, -0.25) is 14.9 Å². The number of hydrogen-bond donors (Lipinski definition) is 2. The fourth-order valence-corrected chi connectivity index (χ4v) is 5.32. The highest BCUT2D eigenvalue weighted by molar-refractivity contribution is 6.06. The van der Waals surface area contributed by atoms with Gasteiger partial charge in [-0.15, -0.1) is 0 Å². The van der Waals surface area contributed by atoms with Crippen molar-refractivity contribution in [1.82, 2.24) is 4.90 Å². The van der Waals surface area contributed by atoms with E-state index in [0.29, 0.717) is 31.9 Å². The molecule has 2 aliphatic rings. The van der Waals surface area contributed by atoms with E-state index in [1.807, 2.05) is 19.9 Å². The van der Waals surface area contributed by atoms with Crippen molar-refractivity contribution in [3.05, 3.63) is 86.8 Å². The third kappa shape index (κ3) is 6.98. The van der Waals surface area contributed by atoms with Crippen LogP contribution in [-0.4, -0.2) is 65.3 Å². The molecule has 0 saturated carbocycles. The molecule has 1 unspecified atom stereocenters. The highest BCUT2D eigenvalue weighted by Gasteiger charge is 2.20. The maximum absolute atomic E-state index is 13.4. The van der Waals surface area contributed by atoms with Gasteiger partial charge in [0.1, 0.15) is 0 Å². The molecule has 0 aromatic heterocycles. The lowest BCUT2D eigenvalue weighted by Gasteiger charge is -2.29. The molecule has 1 amide bonds. The first-order chi connectivity index (χ1) is 20.1. The van der Waals surface area contributed by atoms with Crippen LogP contribution in [0.1, 0.15) is 44.0 Å². The first-order valence-electron chi connectivity index (χ1n) is 14.4. The Morgan fingerprint density at radius 2 is 1.83 bits per heavy atom. The molecule has 3 aromatic rings. The fourth-order valence-electron chi connectivity index (χ4n) is 5.32. The predicted octanol–water partition coefficient (Wildman–Crippen LogP) is 4.12. The number of morpholine rings is 1. The Balaban J connectivity index is 1.55. The number of carbonyl (C=O) groups excluding carboxylic acids is 1. The Morgan fingerprint density at radius 1 is 1.10 bits per heavy atom. The van der Waals surface area contributed by atoms with Crippen LogP contribution in [0, 0.1) is 10.1 Å². The predicted molar refractivity (Wildman–Crippen MR) is 166 cm³/mol. The number of nitrogens with one attached hydrogen (secondary N) is 1. The zero-order valence-corrected chi connectivity index (χ0v) is 24.4. The number of anilines is 2. The lowest BCUT2D eigenvalue weighted by atomic mass is 10.00. The molecular weight excluding hydrogens is 532 g/mol. The van der Waals surface area contributed by atoms with Gasteiger partial charge in [0.05, 0.1) is 23.7 Å². The van der Waals surface area contributed by atoms with Crippen molar-refractivity contribution in [2.45, 2.75) is 45.3 Å². The van der Waals surface area contributed by atoms with E-state index in [1.165, 1.54) is 18.2 Å². The molecule has 0 aliphatic carbocycles. The average Bonchev–Trinajstić information content (AvgIpc) is 3.13. The fraction of sp³-hybridized carbons (Fsp3) is 0.364. The zero-order valence-electron chi connectivity index (χ0n) is 24.4. The molecule has 1 fully saturated rings. The van der Waals surface area contributed by atoms with Crippen LogP contribution in [0.3, 0.4) is 0 Å². The number of aliphatic hydroxyl groups is 1. The van der Waals surface area contributed by atoms with Gasteiger partial charge < -0.3 is 25.0 Å². The molecule has 2 N–H and O–H groups in total. The molecule has 9 nitrogen and oxygen atoms in total. The van der Waals surface area contributed by atoms with E-state index in [9.17, 15) is 20.0 Å². The van der Waals surface area contributed by atoms with Crippen LogP contribution in [0.25, 0.3) is 23.4 Å². The van der Waals surface area contributed by atoms with Gasteiger partial charge in [-0.1, -0.05) is 24.3 Å². The van der Waals surface area contributed by atoms with E-state index in [-0.39, 0.29) is 17.3 Å². The monoisotopic (exact) mass is 570 g/mol. The number of nitro benzene ring substituents is 1. The quantitative estimate of drug-likeness (QED) is 0.310. The second-order valence-electron chi connectivity index (χ2n) is 11.7. The highest BCUT2D eigenvalue weighted by atomic mass is 16.6. The molecule has 9 heteroatoms. The molecule has 0 bridgehead atoms. The summed E-state index contributed by atoms with van der Waals surface area (Å²) in [5.74, 6) is -0.422. The summed E-state index contributed by atoms with van der Waals surface area (Å²) in [6, 6.07) is 18.4. The number of carbonyl (C=O) groups is 1. The maximum atomic E-state index is 13.4. The number of hydrogen-bond acceptors (Lipinski definition) is 7. The average molecular weight is 571 g/mol. The Hall–Kier alpha value is -4.21. The van der Waals surface area contributed by atoms with E-state index in [4.69, 9.17) is 4.74 Å². The van der Waals surface area contributed by atoms with Crippen molar-refractivity contribution in [2.75, 3.05) is 43.1 Å². The molecule has 3 aromatic carbocycles. The van der Waals surface area contributed by atoms with E-state index in [1.54, 1.807) is 6.07 Å². The summed E-state index contributed by atoms with van der Waals surface area (Å²) < 4.78 is 5.49. The molecule has 220 valence electrons. The first kappa shape index (κ1) is 29.3. The lowest BCUT2D eigenvalue weighted by Crippen LogP contribution is -2.36. The summed E-state index contributed by atoms with van der Waals surface area (Å²) in [5, 5.41) is 26.7. The summed E-state index contributed by atoms with van der Waals surface area (Å²) in [6.45, 7) is 9.58. The molecular formula is C33H38N4O5. The van der Waals surface area contributed by atoms with Gasteiger partial charge in [0, 0.05) is 66.5 Å². The molecule has 1 saturated heterocycles. The molecule has 42 heavy (non-hydrogen) atoms. The van der Waals surface area contributed by atoms with Gasteiger partial charge in [0.15, 0.2) is 0 Å². The molecule has 1 atom stereocenters. The van der Waals surface area contributed by atoms with Crippen molar-refractivity contribution in [3.8, 4) is 11.1 Å². The lowest BCUT2D eigenvalue weighted by molar-refractivity contribution is -0.384. The van der Waals surface area contributed by atoms with Crippen LogP contribution in [0.15, 0.2) is 60.7 Å². The van der Waals surface area contributed by atoms with Crippen molar-refractivity contribution in [1.29, 1.82) is 0 Å². The maximum Gasteiger partial charge on any atom is 0.270 e. The number of nitrogens with zero attached hydrogens (tertiary/aromatic N) is 3.